The molecule has 0 aromatic heterocycles. The first-order chi connectivity index (χ1) is 23.8. The largest absolute Gasteiger partial charge is 0.455 e. The SMILES string of the molecule is C=CCCC(=O)N[C@H](COC)[C@H](OC(=O)[C@@H]1[C@H]2C(=O)N(CCCCO)[C@H](C(=O)N(CC=C)C3CCCCC3)[C@]23CC[C@H]1O3)c1ccccc1. The molecule has 3 amide bonds. The van der Waals surface area contributed by atoms with E-state index < -0.39 is 47.7 Å². The Labute approximate surface area is 290 Å². The zero-order chi connectivity index (χ0) is 35.0. The fourth-order valence-corrected chi connectivity index (χ4v) is 8.57. The van der Waals surface area contributed by atoms with Crippen LogP contribution in [0.25, 0.3) is 0 Å². The van der Waals surface area contributed by atoms with Crippen molar-refractivity contribution in [3.63, 3.8) is 0 Å². The first kappa shape index (κ1) is 36.7. The number of aliphatic hydroxyl groups excluding tert-OH is 1. The molecule has 11 heteroatoms. The molecule has 3 aliphatic heterocycles. The summed E-state index contributed by atoms with van der Waals surface area (Å²) < 4.78 is 18.5. The standard InChI is InChI=1S/C38H53N3O8/c1-4-6-19-30(43)39-28(25-47-3)33(26-15-9-7-10-16-26)48-37(46)31-29-20-21-38(49-29)32(31)35(44)41(23-13-14-24-42)34(38)36(45)40(22-5-2)27-17-11-8-12-18-27/h4-5,7,9-10,15-16,27-29,31-34,42H,1-2,6,8,11-14,17-25H2,3H3,(H,39,43)/t28-,29-,31+,32+,33-,34-,38+/m1/s1. The zero-order valence-corrected chi connectivity index (χ0v) is 28.8. The summed E-state index contributed by atoms with van der Waals surface area (Å²) in [6.07, 6.45) is 9.62. The number of amides is 3. The smallest absolute Gasteiger partial charge is 0.313 e. The van der Waals surface area contributed by atoms with Gasteiger partial charge in [0.2, 0.25) is 17.7 Å². The van der Waals surface area contributed by atoms with E-state index in [4.69, 9.17) is 14.2 Å². The Hall–Kier alpha value is -3.54. The Morgan fingerprint density at radius 3 is 2.55 bits per heavy atom. The van der Waals surface area contributed by atoms with Crippen LogP contribution in [0.2, 0.25) is 0 Å². The van der Waals surface area contributed by atoms with Gasteiger partial charge in [-0.1, -0.05) is 61.7 Å². The van der Waals surface area contributed by atoms with Crippen molar-refractivity contribution in [1.82, 2.24) is 15.1 Å². The molecule has 1 saturated carbocycles. The van der Waals surface area contributed by atoms with E-state index in [-0.39, 0.29) is 49.9 Å². The highest BCUT2D eigenvalue weighted by molar-refractivity contribution is 5.98. The highest BCUT2D eigenvalue weighted by atomic mass is 16.6. The molecule has 1 aromatic carbocycles. The van der Waals surface area contributed by atoms with Gasteiger partial charge in [-0.05, 0) is 50.5 Å². The van der Waals surface area contributed by atoms with Crippen molar-refractivity contribution in [3.8, 4) is 0 Å². The average molecular weight is 680 g/mol. The molecule has 4 aliphatic rings. The lowest BCUT2D eigenvalue weighted by atomic mass is 9.70. The minimum atomic E-state index is -1.16. The molecular formula is C38H53N3O8. The monoisotopic (exact) mass is 679 g/mol. The number of likely N-dealkylation sites (tertiary alicyclic amines) is 1. The number of nitrogens with one attached hydrogen (secondary N) is 1. The lowest BCUT2D eigenvalue weighted by Gasteiger charge is -2.40. The van der Waals surface area contributed by atoms with Gasteiger partial charge < -0.3 is 34.4 Å². The van der Waals surface area contributed by atoms with Gasteiger partial charge in [-0.3, -0.25) is 19.2 Å². The van der Waals surface area contributed by atoms with E-state index in [2.05, 4.69) is 18.5 Å². The summed E-state index contributed by atoms with van der Waals surface area (Å²) in [6.45, 7) is 8.31. The average Bonchev–Trinajstić information content (AvgIpc) is 3.76. The lowest BCUT2D eigenvalue weighted by molar-refractivity contribution is -0.163. The van der Waals surface area contributed by atoms with Crippen LogP contribution in [0.4, 0.5) is 0 Å². The van der Waals surface area contributed by atoms with Gasteiger partial charge in [0.15, 0.2) is 0 Å². The van der Waals surface area contributed by atoms with Crippen molar-refractivity contribution in [2.75, 3.05) is 33.4 Å². The fraction of sp³-hybridized carbons (Fsp3) is 0.632. The van der Waals surface area contributed by atoms with Gasteiger partial charge >= 0.3 is 5.97 Å². The van der Waals surface area contributed by atoms with Crippen molar-refractivity contribution < 1.29 is 38.5 Å². The minimum absolute atomic E-state index is 0.0267. The van der Waals surface area contributed by atoms with Crippen molar-refractivity contribution in [1.29, 1.82) is 0 Å². The molecule has 49 heavy (non-hydrogen) atoms. The maximum absolute atomic E-state index is 14.7. The number of allylic oxidation sites excluding steroid dienone is 1. The van der Waals surface area contributed by atoms with Crippen LogP contribution in [0.5, 0.6) is 0 Å². The maximum atomic E-state index is 14.7. The van der Waals surface area contributed by atoms with Gasteiger partial charge in [-0.25, -0.2) is 0 Å². The normalized spacial score (nSPS) is 27.3. The van der Waals surface area contributed by atoms with E-state index in [1.807, 2.05) is 35.2 Å². The van der Waals surface area contributed by atoms with Gasteiger partial charge in [0.05, 0.1) is 30.6 Å². The summed E-state index contributed by atoms with van der Waals surface area (Å²) in [5.74, 6) is -3.09. The van der Waals surface area contributed by atoms with E-state index in [0.29, 0.717) is 44.2 Å². The van der Waals surface area contributed by atoms with E-state index in [1.165, 1.54) is 7.11 Å². The van der Waals surface area contributed by atoms with Gasteiger partial charge in [-0.2, -0.15) is 0 Å². The molecule has 3 saturated heterocycles. The molecule has 0 unspecified atom stereocenters. The van der Waals surface area contributed by atoms with Gasteiger partial charge in [0.1, 0.15) is 17.7 Å². The topological polar surface area (TPSA) is 135 Å². The molecule has 1 aromatic rings. The number of benzene rings is 1. The Balaban J connectivity index is 1.46. The Morgan fingerprint density at radius 1 is 1.12 bits per heavy atom. The Morgan fingerprint density at radius 2 is 1.88 bits per heavy atom. The maximum Gasteiger partial charge on any atom is 0.313 e. The van der Waals surface area contributed by atoms with Gasteiger partial charge in [-0.15, -0.1) is 13.2 Å². The van der Waals surface area contributed by atoms with Gasteiger partial charge in [0.25, 0.3) is 0 Å². The number of ether oxygens (including phenoxy) is 3. The first-order valence-electron chi connectivity index (χ1n) is 18.0. The summed E-state index contributed by atoms with van der Waals surface area (Å²) in [5, 5.41) is 12.5. The number of aliphatic hydroxyl groups is 1. The van der Waals surface area contributed by atoms with Crippen molar-refractivity contribution in [2.24, 2.45) is 11.8 Å². The predicted octanol–water partition coefficient (Wildman–Crippen LogP) is 3.86. The number of esters is 1. The molecule has 2 N–H and O–H groups in total. The molecule has 7 atom stereocenters. The number of methoxy groups -OCH3 is 1. The highest BCUT2D eigenvalue weighted by Crippen LogP contribution is 2.59. The quantitative estimate of drug-likeness (QED) is 0.136. The summed E-state index contributed by atoms with van der Waals surface area (Å²) in [5.41, 5.74) is -0.493. The van der Waals surface area contributed by atoms with Crippen LogP contribution in [0.1, 0.15) is 82.3 Å². The summed E-state index contributed by atoms with van der Waals surface area (Å²) in [6, 6.07) is 7.63. The summed E-state index contributed by atoms with van der Waals surface area (Å²) in [4.78, 5) is 59.9. The lowest BCUT2D eigenvalue weighted by Crippen LogP contribution is -2.58. The van der Waals surface area contributed by atoms with Crippen LogP contribution in [-0.2, 0) is 33.4 Å². The second kappa shape index (κ2) is 16.9. The number of unbranched alkanes of at least 4 members (excludes halogenated alkanes) is 1. The number of carbonyl (C=O) groups excluding carboxylic acids is 4. The summed E-state index contributed by atoms with van der Waals surface area (Å²) >= 11 is 0. The van der Waals surface area contributed by atoms with Crippen LogP contribution in [0.15, 0.2) is 55.6 Å². The number of nitrogens with zero attached hydrogens (tertiary/aromatic N) is 2. The van der Waals surface area contributed by atoms with Crippen LogP contribution in [-0.4, -0.2) is 102 Å². The van der Waals surface area contributed by atoms with Crippen LogP contribution >= 0.6 is 0 Å². The number of rotatable bonds is 18. The van der Waals surface area contributed by atoms with Crippen molar-refractivity contribution >= 4 is 23.7 Å². The second-order valence-corrected chi connectivity index (χ2v) is 13.8. The van der Waals surface area contributed by atoms with Crippen LogP contribution in [0, 0.1) is 11.8 Å². The molecular weight excluding hydrogens is 626 g/mol. The minimum Gasteiger partial charge on any atom is -0.455 e. The molecule has 0 radical (unpaired) electrons. The van der Waals surface area contributed by atoms with Gasteiger partial charge in [0, 0.05) is 39.3 Å². The van der Waals surface area contributed by atoms with Crippen LogP contribution in [0.3, 0.4) is 0 Å². The third kappa shape index (κ3) is 7.64. The Bertz CT molecular complexity index is 1330. The number of hydrogen-bond donors (Lipinski definition) is 2. The molecule has 268 valence electrons. The molecule has 11 nitrogen and oxygen atoms in total. The highest BCUT2D eigenvalue weighted by Gasteiger charge is 2.75. The third-order valence-electron chi connectivity index (χ3n) is 10.7. The van der Waals surface area contributed by atoms with Crippen molar-refractivity contribution in [3.05, 3.63) is 61.2 Å². The number of carbonyl (C=O) groups is 4. The fourth-order valence-electron chi connectivity index (χ4n) is 8.57. The number of hydrogen-bond acceptors (Lipinski definition) is 8. The second-order valence-electron chi connectivity index (χ2n) is 13.8. The van der Waals surface area contributed by atoms with E-state index in [9.17, 15) is 24.3 Å². The summed E-state index contributed by atoms with van der Waals surface area (Å²) in [7, 11) is 1.52. The van der Waals surface area contributed by atoms with E-state index in [0.717, 1.165) is 32.1 Å². The first-order valence-corrected chi connectivity index (χ1v) is 18.0. The third-order valence-corrected chi connectivity index (χ3v) is 10.7. The van der Waals surface area contributed by atoms with E-state index in [1.54, 1.807) is 17.1 Å². The predicted molar refractivity (Wildman–Crippen MR) is 183 cm³/mol. The molecule has 3 heterocycles. The molecule has 4 fully saturated rings. The zero-order valence-electron chi connectivity index (χ0n) is 28.8. The van der Waals surface area contributed by atoms with Crippen molar-refractivity contribution in [2.45, 2.75) is 107 Å². The molecule has 2 bridgehead atoms. The Kier molecular flexibility index (Phi) is 12.7. The molecule has 1 aliphatic carbocycles. The molecule has 1 spiro atoms. The van der Waals surface area contributed by atoms with Crippen LogP contribution < -0.4 is 5.32 Å². The van der Waals surface area contributed by atoms with E-state index >= 15 is 0 Å². The number of fused-ring (bicyclic) bond motifs is 1. The molecule has 5 rings (SSSR count).